The van der Waals surface area contributed by atoms with Gasteiger partial charge in [0.15, 0.2) is 0 Å². The smallest absolute Gasteiger partial charge is 0.311 e. The highest BCUT2D eigenvalue weighted by molar-refractivity contribution is 6.31. The van der Waals surface area contributed by atoms with E-state index in [0.717, 1.165) is 11.1 Å². The zero-order valence-corrected chi connectivity index (χ0v) is 21.9. The molecule has 0 spiro atoms. The predicted molar refractivity (Wildman–Crippen MR) is 134 cm³/mol. The van der Waals surface area contributed by atoms with Gasteiger partial charge in [-0.15, -0.1) is 0 Å². The molecule has 4 rings (SSSR count). The molecule has 0 saturated heterocycles. The minimum Gasteiger partial charge on any atom is -0.497 e. The lowest BCUT2D eigenvalue weighted by atomic mass is 9.94. The Labute approximate surface area is 215 Å². The van der Waals surface area contributed by atoms with Crippen LogP contribution in [0.1, 0.15) is 55.0 Å². The predicted octanol–water partition coefficient (Wildman–Crippen LogP) is 4.40. The average molecular weight is 522 g/mol. The number of carbonyl (C=O) groups is 1. The van der Waals surface area contributed by atoms with Gasteiger partial charge in [-0.2, -0.15) is 0 Å². The molecule has 1 heterocycles. The van der Waals surface area contributed by atoms with Gasteiger partial charge in [-0.3, -0.25) is 4.79 Å². The van der Waals surface area contributed by atoms with Crippen LogP contribution in [0.4, 0.5) is 4.39 Å². The molecule has 196 valence electrons. The number of aliphatic carboxylic acids is 1. The topological polar surface area (TPSA) is 97.3 Å². The van der Waals surface area contributed by atoms with E-state index in [2.05, 4.69) is 5.32 Å². The third-order valence-electron chi connectivity index (χ3n) is 6.97. The summed E-state index contributed by atoms with van der Waals surface area (Å²) in [5, 5.41) is 23.8. The van der Waals surface area contributed by atoms with Gasteiger partial charge in [0, 0.05) is 40.2 Å². The number of nitrogens with one attached hydrogen (secondary N) is 1. The summed E-state index contributed by atoms with van der Waals surface area (Å²) in [6.07, 6.45) is -1.24. The van der Waals surface area contributed by atoms with Crippen LogP contribution in [0.25, 0.3) is 0 Å². The number of fused-ring (bicyclic) bond motifs is 3. The number of aliphatic hydroxyl groups excluding tert-OH is 1. The number of hydrogen-bond donors (Lipinski definition) is 3. The van der Waals surface area contributed by atoms with E-state index in [-0.39, 0.29) is 31.0 Å². The maximum Gasteiger partial charge on any atom is 0.311 e. The molecule has 2 aromatic rings. The first-order valence-electron chi connectivity index (χ1n) is 12.0. The van der Waals surface area contributed by atoms with Crippen LogP contribution in [0.15, 0.2) is 24.3 Å². The van der Waals surface area contributed by atoms with Crippen molar-refractivity contribution in [3.63, 3.8) is 0 Å². The van der Waals surface area contributed by atoms with Crippen molar-refractivity contribution in [2.45, 2.75) is 63.9 Å². The van der Waals surface area contributed by atoms with E-state index in [9.17, 15) is 19.4 Å². The SMILES string of the molecule is COc1ccc(CC(C)(C)NCC(O)CO[C@H](C)c2c(Cl)cc(C)c3c2[C@@H]2[C@H](O3)[C@H]2C(=O)O)c(F)c1. The van der Waals surface area contributed by atoms with E-state index in [4.69, 9.17) is 25.8 Å². The highest BCUT2D eigenvalue weighted by Gasteiger charge is 2.64. The summed E-state index contributed by atoms with van der Waals surface area (Å²) < 4.78 is 31.3. The molecular formula is C27H33ClFNO6. The molecule has 2 aliphatic rings. The van der Waals surface area contributed by atoms with E-state index >= 15 is 0 Å². The Kier molecular flexibility index (Phi) is 7.53. The summed E-state index contributed by atoms with van der Waals surface area (Å²) in [4.78, 5) is 11.6. The first-order valence-corrected chi connectivity index (χ1v) is 12.4. The number of carboxylic acids is 1. The lowest BCUT2D eigenvalue weighted by Crippen LogP contribution is -2.46. The first-order chi connectivity index (χ1) is 16.9. The number of ether oxygens (including phenoxy) is 3. The molecule has 1 aliphatic carbocycles. The molecule has 1 aliphatic heterocycles. The van der Waals surface area contributed by atoms with Crippen LogP contribution in [-0.2, 0) is 16.0 Å². The van der Waals surface area contributed by atoms with Gasteiger partial charge in [-0.25, -0.2) is 4.39 Å². The molecule has 0 aromatic heterocycles. The number of benzene rings is 2. The highest BCUT2D eigenvalue weighted by Crippen LogP contribution is 2.62. The van der Waals surface area contributed by atoms with Crippen molar-refractivity contribution in [3.05, 3.63) is 57.4 Å². The number of aryl methyl sites for hydroxylation is 1. The molecule has 2 aromatic carbocycles. The minimum atomic E-state index is -0.883. The quantitative estimate of drug-likeness (QED) is 0.403. The van der Waals surface area contributed by atoms with Gasteiger partial charge < -0.3 is 29.7 Å². The third kappa shape index (κ3) is 5.32. The van der Waals surface area contributed by atoms with Gasteiger partial charge in [0.1, 0.15) is 29.3 Å². The number of β-amino-alcohol motifs (C(OH)–C–C–N with tert-alkyl or cyclic N) is 1. The molecule has 7 nitrogen and oxygen atoms in total. The molecule has 1 saturated carbocycles. The van der Waals surface area contributed by atoms with Gasteiger partial charge in [-0.05, 0) is 57.4 Å². The molecule has 0 amide bonds. The van der Waals surface area contributed by atoms with Crippen molar-refractivity contribution in [3.8, 4) is 11.5 Å². The molecule has 3 N–H and O–H groups in total. The summed E-state index contributed by atoms with van der Waals surface area (Å²) in [6.45, 7) is 7.87. The number of methoxy groups -OCH3 is 1. The zero-order chi connectivity index (χ0) is 26.4. The second-order valence-electron chi connectivity index (χ2n) is 10.3. The molecule has 0 bridgehead atoms. The molecule has 36 heavy (non-hydrogen) atoms. The van der Waals surface area contributed by atoms with Crippen molar-refractivity contribution >= 4 is 17.6 Å². The molecule has 1 unspecified atom stereocenters. The van der Waals surface area contributed by atoms with Gasteiger partial charge in [0.2, 0.25) is 0 Å². The van der Waals surface area contributed by atoms with Crippen LogP contribution in [0.2, 0.25) is 5.02 Å². The van der Waals surface area contributed by atoms with Crippen LogP contribution in [-0.4, -0.2) is 54.2 Å². The van der Waals surface area contributed by atoms with Crippen molar-refractivity contribution < 1.29 is 33.6 Å². The average Bonchev–Trinajstić information content (AvgIpc) is 3.40. The zero-order valence-electron chi connectivity index (χ0n) is 21.1. The second kappa shape index (κ2) is 10.2. The van der Waals surface area contributed by atoms with Crippen LogP contribution in [0, 0.1) is 18.7 Å². The monoisotopic (exact) mass is 521 g/mol. The Hall–Kier alpha value is -2.39. The maximum absolute atomic E-state index is 14.4. The first kappa shape index (κ1) is 26.7. The van der Waals surface area contributed by atoms with Crippen molar-refractivity contribution in [1.29, 1.82) is 0 Å². The number of rotatable bonds is 11. The summed E-state index contributed by atoms with van der Waals surface area (Å²) >= 11 is 6.57. The largest absolute Gasteiger partial charge is 0.497 e. The van der Waals surface area contributed by atoms with Crippen LogP contribution in [0.5, 0.6) is 11.5 Å². The van der Waals surface area contributed by atoms with E-state index in [0.29, 0.717) is 34.1 Å². The molecule has 0 radical (unpaired) electrons. The number of carboxylic acid groups (broad SMARTS) is 1. The van der Waals surface area contributed by atoms with Crippen LogP contribution >= 0.6 is 11.6 Å². The molecule has 5 atom stereocenters. The summed E-state index contributed by atoms with van der Waals surface area (Å²) in [5.74, 6) is -0.879. The summed E-state index contributed by atoms with van der Waals surface area (Å²) in [5.41, 5.74) is 2.45. The normalized spacial score (nSPS) is 21.8. The van der Waals surface area contributed by atoms with Crippen LogP contribution < -0.4 is 14.8 Å². The lowest BCUT2D eigenvalue weighted by Gasteiger charge is -2.29. The van der Waals surface area contributed by atoms with Crippen molar-refractivity contribution in [2.75, 3.05) is 20.3 Å². The summed E-state index contributed by atoms with van der Waals surface area (Å²) in [6, 6.07) is 6.58. The Morgan fingerprint density at radius 1 is 1.33 bits per heavy atom. The maximum atomic E-state index is 14.4. The van der Waals surface area contributed by atoms with E-state index in [1.54, 1.807) is 18.2 Å². The fraction of sp³-hybridized carbons (Fsp3) is 0.519. The van der Waals surface area contributed by atoms with Crippen molar-refractivity contribution in [2.24, 2.45) is 5.92 Å². The lowest BCUT2D eigenvalue weighted by molar-refractivity contribution is -0.139. The van der Waals surface area contributed by atoms with E-state index in [1.165, 1.54) is 13.2 Å². The van der Waals surface area contributed by atoms with E-state index < -0.39 is 29.6 Å². The number of hydrogen-bond acceptors (Lipinski definition) is 6. The van der Waals surface area contributed by atoms with Gasteiger partial charge in [-0.1, -0.05) is 17.7 Å². The Morgan fingerprint density at radius 2 is 2.06 bits per heavy atom. The highest BCUT2D eigenvalue weighted by atomic mass is 35.5. The molecule has 1 fully saturated rings. The van der Waals surface area contributed by atoms with Crippen molar-refractivity contribution in [1.82, 2.24) is 5.32 Å². The van der Waals surface area contributed by atoms with Crippen LogP contribution in [0.3, 0.4) is 0 Å². The summed E-state index contributed by atoms with van der Waals surface area (Å²) in [7, 11) is 1.49. The van der Waals surface area contributed by atoms with Gasteiger partial charge >= 0.3 is 5.97 Å². The van der Waals surface area contributed by atoms with E-state index in [1.807, 2.05) is 27.7 Å². The third-order valence-corrected chi connectivity index (χ3v) is 7.29. The van der Waals surface area contributed by atoms with Gasteiger partial charge in [0.05, 0.1) is 25.9 Å². The Bertz CT molecular complexity index is 1160. The standard InChI is InChI=1S/C27H33ClFNO6/c1-13-8-18(28)20(21-22-23(26(32)33)25(22)36-24(13)21)14(2)35-12-16(31)11-30-27(3,4)10-15-6-7-17(34-5)9-19(15)29/h6-9,14,16,22-23,25,30-31H,10-12H2,1-5H3,(H,32,33)/t14-,16?,22+,23+,25+/m1/s1. The van der Waals surface area contributed by atoms with Gasteiger partial charge in [0.25, 0.3) is 0 Å². The molecule has 9 heteroatoms. The molecular weight excluding hydrogens is 489 g/mol. The fourth-order valence-corrected chi connectivity index (χ4v) is 5.45. The second-order valence-corrected chi connectivity index (χ2v) is 10.7. The number of aliphatic hydroxyl groups is 1. The number of halogens is 2. The fourth-order valence-electron chi connectivity index (χ4n) is 5.03. The Morgan fingerprint density at radius 3 is 2.69 bits per heavy atom. The minimum absolute atomic E-state index is 0.0391. The Balaban J connectivity index is 1.35.